The maximum Gasteiger partial charge on any atom is 0.306 e. The minimum absolute atomic E-state index is 0.0914. The Kier molecular flexibility index (Phi) is 22.0. The molecule has 0 atom stereocenters. The smallest absolute Gasteiger partial charge is 0.306 e. The van der Waals surface area contributed by atoms with Crippen LogP contribution in [0.4, 0.5) is 0 Å². The molecule has 0 saturated carbocycles. The van der Waals surface area contributed by atoms with Crippen LogP contribution in [0.3, 0.4) is 0 Å². The highest BCUT2D eigenvalue weighted by molar-refractivity contribution is 7.85. The highest BCUT2D eigenvalue weighted by Gasteiger charge is 2.15. The van der Waals surface area contributed by atoms with Gasteiger partial charge in [0.2, 0.25) is 0 Å². The fourth-order valence-electron chi connectivity index (χ4n) is 2.53. The Balaban J connectivity index is 0. The summed E-state index contributed by atoms with van der Waals surface area (Å²) < 4.78 is 37.7. The van der Waals surface area contributed by atoms with E-state index in [1.54, 1.807) is 0 Å². The molecule has 0 amide bonds. The Labute approximate surface area is 168 Å². The van der Waals surface area contributed by atoms with Crippen LogP contribution in [-0.4, -0.2) is 52.9 Å². The first-order valence-corrected chi connectivity index (χ1v) is 12.5. The molecule has 0 heterocycles. The van der Waals surface area contributed by atoms with Gasteiger partial charge in [0.05, 0.1) is 33.6 Å². The van der Waals surface area contributed by atoms with E-state index in [2.05, 4.69) is 27.9 Å². The molecule has 0 rings (SSSR count). The van der Waals surface area contributed by atoms with Crippen LogP contribution in [0, 0.1) is 0 Å². The van der Waals surface area contributed by atoms with Gasteiger partial charge in [-0.25, -0.2) is 0 Å². The summed E-state index contributed by atoms with van der Waals surface area (Å²) in [5.41, 5.74) is 0. The molecule has 0 aliphatic carbocycles. The number of hydrogen-bond donors (Lipinski definition) is 2. The van der Waals surface area contributed by atoms with Crippen molar-refractivity contribution in [2.24, 2.45) is 0 Å². The first kappa shape index (κ1) is 29.0. The van der Waals surface area contributed by atoms with Crippen molar-refractivity contribution in [2.75, 3.05) is 33.6 Å². The Morgan fingerprint density at radius 3 is 1.33 bits per heavy atom. The van der Waals surface area contributed by atoms with Crippen LogP contribution in [0.5, 0.6) is 0 Å². The molecule has 27 heavy (non-hydrogen) atoms. The van der Waals surface area contributed by atoms with Gasteiger partial charge < -0.3 is 9.47 Å². The van der Waals surface area contributed by atoms with Crippen LogP contribution in [0.25, 0.3) is 0 Å². The van der Waals surface area contributed by atoms with Crippen LogP contribution in [0.15, 0.2) is 0 Å². The van der Waals surface area contributed by atoms with Gasteiger partial charge in [0, 0.05) is 0 Å². The second kappa shape index (κ2) is 20.5. The zero-order chi connectivity index (χ0) is 21.0. The molecule has 0 aliphatic rings. The minimum Gasteiger partial charge on any atom is -0.306 e. The molecule has 0 aromatic carbocycles. The summed E-state index contributed by atoms with van der Waals surface area (Å²) in [5.74, 6) is 0. The van der Waals surface area contributed by atoms with Crippen LogP contribution in [0.1, 0.15) is 90.9 Å². The van der Waals surface area contributed by atoms with Gasteiger partial charge in [-0.05, 0) is 12.8 Å². The molecule has 0 spiro atoms. The van der Waals surface area contributed by atoms with Crippen molar-refractivity contribution >= 4 is 10.1 Å². The molecule has 166 valence electrons. The van der Waals surface area contributed by atoms with Crippen molar-refractivity contribution in [1.29, 1.82) is 0 Å². The van der Waals surface area contributed by atoms with Crippen LogP contribution in [-0.2, 0) is 19.6 Å². The second-order valence-electron chi connectivity index (χ2n) is 7.42. The third-order valence-electron chi connectivity index (χ3n) is 4.01. The minimum atomic E-state index is -3.67. The number of rotatable bonds is 17. The summed E-state index contributed by atoms with van der Waals surface area (Å²) in [6.45, 7) is 6.18. The van der Waals surface area contributed by atoms with E-state index >= 15 is 0 Å². The molecule has 2 N–H and O–H groups in total. The van der Waals surface area contributed by atoms with E-state index in [4.69, 9.17) is 14.0 Å². The normalized spacial score (nSPS) is 11.7. The number of hydrogen-bond acceptors (Lipinski definition) is 4. The van der Waals surface area contributed by atoms with E-state index in [0.29, 0.717) is 6.26 Å². The van der Waals surface area contributed by atoms with Gasteiger partial charge in [-0.1, -0.05) is 78.1 Å². The van der Waals surface area contributed by atoms with E-state index in [1.807, 2.05) is 0 Å². The van der Waals surface area contributed by atoms with Gasteiger partial charge in [-0.3, -0.25) is 9.45 Å². The Morgan fingerprint density at radius 1 is 0.741 bits per heavy atom. The van der Waals surface area contributed by atoms with Crippen LogP contribution in [0.2, 0.25) is 0 Å². The molecule has 0 radical (unpaired) electrons. The van der Waals surface area contributed by atoms with Crippen molar-refractivity contribution < 1.29 is 27.3 Å². The van der Waals surface area contributed by atoms with Crippen LogP contribution >= 0.6 is 0 Å². The van der Waals surface area contributed by atoms with Crippen molar-refractivity contribution in [2.45, 2.75) is 97.3 Å². The van der Waals surface area contributed by atoms with E-state index in [9.17, 15) is 8.42 Å². The first-order chi connectivity index (χ1) is 12.7. The van der Waals surface area contributed by atoms with Gasteiger partial charge >= 0.3 is 6.41 Å². The SMILES string of the molecule is CCCCCCCCOC(OCCCCCCCC)[NH+](C)C.CS(=O)(=O)O. The van der Waals surface area contributed by atoms with Crippen LogP contribution < -0.4 is 4.90 Å². The van der Waals surface area contributed by atoms with Gasteiger partial charge in [-0.15, -0.1) is 0 Å². The summed E-state index contributed by atoms with van der Waals surface area (Å²) in [6.07, 6.45) is 16.3. The molecule has 0 saturated heterocycles. The Bertz CT molecular complexity index is 362. The zero-order valence-corrected chi connectivity index (χ0v) is 19.3. The molecule has 6 nitrogen and oxygen atoms in total. The molecule has 0 bridgehead atoms. The van der Waals surface area contributed by atoms with Gasteiger partial charge in [0.15, 0.2) is 0 Å². The third kappa shape index (κ3) is 30.7. The van der Waals surface area contributed by atoms with E-state index in [1.165, 1.54) is 69.1 Å². The lowest BCUT2D eigenvalue weighted by Crippen LogP contribution is -3.10. The summed E-state index contributed by atoms with van der Waals surface area (Å²) >= 11 is 0. The fourth-order valence-corrected chi connectivity index (χ4v) is 2.53. The largest absolute Gasteiger partial charge is 0.306 e. The second-order valence-corrected chi connectivity index (χ2v) is 8.89. The predicted molar refractivity (Wildman–Crippen MR) is 113 cm³/mol. The Hall–Kier alpha value is -0.210. The third-order valence-corrected chi connectivity index (χ3v) is 4.01. The average Bonchev–Trinajstić information content (AvgIpc) is 2.56. The predicted octanol–water partition coefficient (Wildman–Crippen LogP) is 3.67. The summed E-state index contributed by atoms with van der Waals surface area (Å²) in [4.78, 5) is 1.23. The topological polar surface area (TPSA) is 77.3 Å². The zero-order valence-electron chi connectivity index (χ0n) is 18.5. The number of unbranched alkanes of at least 4 members (excludes halogenated alkanes) is 10. The summed E-state index contributed by atoms with van der Waals surface area (Å²) in [5, 5.41) is 0. The fraction of sp³-hybridized carbons (Fsp3) is 1.00. The highest BCUT2D eigenvalue weighted by Crippen LogP contribution is 2.07. The van der Waals surface area contributed by atoms with E-state index in [0.717, 1.165) is 26.1 Å². The standard InChI is InChI=1S/C19H41NO2.CH4O3S/c1-5-7-9-11-13-15-17-21-19(20(3)4)22-18-16-14-12-10-8-6-2;1-5(2,3)4/h19H,5-18H2,1-4H3;1H3,(H,2,3,4)/p+1. The average molecular weight is 413 g/mol. The molecule has 0 aromatic rings. The lowest BCUT2D eigenvalue weighted by atomic mass is 10.1. The first-order valence-electron chi connectivity index (χ1n) is 10.7. The van der Waals surface area contributed by atoms with Crippen molar-refractivity contribution in [3.8, 4) is 0 Å². The van der Waals surface area contributed by atoms with Gasteiger partial charge in [0.25, 0.3) is 10.1 Å². The lowest BCUT2D eigenvalue weighted by Gasteiger charge is -2.21. The highest BCUT2D eigenvalue weighted by atomic mass is 32.2. The summed E-state index contributed by atoms with van der Waals surface area (Å²) in [6, 6.07) is 0. The molecule has 0 aliphatic heterocycles. The maximum absolute atomic E-state index is 9.19. The van der Waals surface area contributed by atoms with Gasteiger partial charge in [-0.2, -0.15) is 8.42 Å². The summed E-state index contributed by atoms with van der Waals surface area (Å²) in [7, 11) is 0.542. The van der Waals surface area contributed by atoms with E-state index in [-0.39, 0.29) is 6.41 Å². The maximum atomic E-state index is 9.19. The van der Waals surface area contributed by atoms with Crippen molar-refractivity contribution in [1.82, 2.24) is 0 Å². The molecule has 0 fully saturated rings. The molecular formula is C20H46NO5S+. The molecular weight excluding hydrogens is 366 g/mol. The number of ether oxygens (including phenoxy) is 2. The molecule has 0 unspecified atom stereocenters. The quantitative estimate of drug-likeness (QED) is 0.216. The number of quaternary nitrogens is 1. The monoisotopic (exact) mass is 412 g/mol. The van der Waals surface area contributed by atoms with E-state index < -0.39 is 10.1 Å². The Morgan fingerprint density at radius 2 is 1.04 bits per heavy atom. The van der Waals surface area contributed by atoms with Gasteiger partial charge in [0.1, 0.15) is 0 Å². The molecule has 7 heteroatoms. The molecule has 0 aromatic heterocycles. The van der Waals surface area contributed by atoms with Crippen molar-refractivity contribution in [3.05, 3.63) is 0 Å². The van der Waals surface area contributed by atoms with Crippen molar-refractivity contribution in [3.63, 3.8) is 0 Å². The lowest BCUT2D eigenvalue weighted by molar-refractivity contribution is -0.939. The number of nitrogens with one attached hydrogen (secondary N) is 1.